The Morgan fingerprint density at radius 3 is 2.95 bits per heavy atom. The number of pyridine rings is 1. The second-order valence-electron chi connectivity index (χ2n) is 4.71. The van der Waals surface area contributed by atoms with Crippen LogP contribution in [-0.4, -0.2) is 40.0 Å². The Bertz CT molecular complexity index is 599. The number of aromatic nitrogens is 2. The molecule has 1 fully saturated rings. The highest BCUT2D eigenvalue weighted by molar-refractivity contribution is 7.09. The van der Waals surface area contributed by atoms with Crippen molar-refractivity contribution >= 4 is 17.2 Å². The van der Waals surface area contributed by atoms with Crippen LogP contribution in [0.3, 0.4) is 0 Å². The van der Waals surface area contributed by atoms with Gasteiger partial charge in [-0.2, -0.15) is 0 Å². The Balaban J connectivity index is 1.61. The molecule has 0 radical (unpaired) electrons. The first kappa shape index (κ1) is 13.1. The molecule has 20 heavy (non-hydrogen) atoms. The minimum Gasteiger partial charge on any atom is -0.488 e. The van der Waals surface area contributed by atoms with E-state index in [0.29, 0.717) is 18.8 Å². The topological polar surface area (TPSA) is 55.3 Å². The van der Waals surface area contributed by atoms with Gasteiger partial charge in [-0.25, -0.2) is 4.98 Å². The number of hydrogen-bond donors (Lipinski definition) is 0. The molecule has 1 aliphatic heterocycles. The Morgan fingerprint density at radius 2 is 2.25 bits per heavy atom. The second kappa shape index (κ2) is 5.58. The van der Waals surface area contributed by atoms with Crippen LogP contribution < -0.4 is 4.74 Å². The molecule has 0 bridgehead atoms. The summed E-state index contributed by atoms with van der Waals surface area (Å²) in [7, 11) is 0. The van der Waals surface area contributed by atoms with E-state index in [-0.39, 0.29) is 12.0 Å². The molecule has 1 atom stereocenters. The first-order chi connectivity index (χ1) is 9.72. The average molecular weight is 289 g/mol. The van der Waals surface area contributed by atoms with Gasteiger partial charge < -0.3 is 9.64 Å². The predicted octanol–water partition coefficient (Wildman–Crippen LogP) is 2.14. The predicted molar refractivity (Wildman–Crippen MR) is 76.0 cm³/mol. The Labute approximate surface area is 121 Å². The van der Waals surface area contributed by atoms with Crippen LogP contribution in [0.4, 0.5) is 0 Å². The lowest BCUT2D eigenvalue weighted by molar-refractivity contribution is 0.0767. The summed E-state index contributed by atoms with van der Waals surface area (Å²) < 4.78 is 5.85. The fraction of sp³-hybridized carbons (Fsp3) is 0.357. The quantitative estimate of drug-likeness (QED) is 0.868. The fourth-order valence-corrected chi connectivity index (χ4v) is 2.83. The van der Waals surface area contributed by atoms with Crippen molar-refractivity contribution in [1.82, 2.24) is 14.9 Å². The maximum Gasteiger partial charge on any atom is 0.273 e. The molecule has 1 amide bonds. The third-order valence-corrected chi connectivity index (χ3v) is 4.00. The molecule has 3 heterocycles. The van der Waals surface area contributed by atoms with E-state index in [2.05, 4.69) is 9.97 Å². The average Bonchev–Trinajstić information content (AvgIpc) is 3.08. The number of rotatable bonds is 3. The zero-order valence-electron chi connectivity index (χ0n) is 11.2. The minimum atomic E-state index is -0.00446. The summed E-state index contributed by atoms with van der Waals surface area (Å²) in [6.07, 6.45) is 4.29. The second-order valence-corrected chi connectivity index (χ2v) is 5.78. The summed E-state index contributed by atoms with van der Waals surface area (Å²) in [4.78, 5) is 22.3. The summed E-state index contributed by atoms with van der Waals surface area (Å²) >= 11 is 1.50. The summed E-state index contributed by atoms with van der Waals surface area (Å²) in [6.45, 7) is 3.23. The van der Waals surface area contributed by atoms with Crippen LogP contribution in [0.15, 0.2) is 29.9 Å². The van der Waals surface area contributed by atoms with Crippen molar-refractivity contribution in [3.63, 3.8) is 0 Å². The number of nitrogens with zero attached hydrogens (tertiary/aromatic N) is 3. The van der Waals surface area contributed by atoms with Gasteiger partial charge in [-0.1, -0.05) is 0 Å². The van der Waals surface area contributed by atoms with Crippen molar-refractivity contribution in [3.05, 3.63) is 40.6 Å². The SMILES string of the molecule is Cc1nc(C(=O)N2CCC(Oc3ccncc3)C2)cs1. The van der Waals surface area contributed by atoms with Gasteiger partial charge in [0.05, 0.1) is 11.6 Å². The molecule has 1 unspecified atom stereocenters. The van der Waals surface area contributed by atoms with E-state index in [4.69, 9.17) is 4.74 Å². The number of likely N-dealkylation sites (tertiary alicyclic amines) is 1. The van der Waals surface area contributed by atoms with Crippen LogP contribution in [0, 0.1) is 6.92 Å². The van der Waals surface area contributed by atoms with Gasteiger partial charge in [0, 0.05) is 30.7 Å². The lowest BCUT2D eigenvalue weighted by atomic mass is 10.3. The van der Waals surface area contributed by atoms with Gasteiger partial charge in [0.2, 0.25) is 0 Å². The summed E-state index contributed by atoms with van der Waals surface area (Å²) in [5.41, 5.74) is 0.539. The molecular weight excluding hydrogens is 274 g/mol. The van der Waals surface area contributed by atoms with E-state index in [1.54, 1.807) is 17.3 Å². The van der Waals surface area contributed by atoms with Crippen molar-refractivity contribution in [2.45, 2.75) is 19.4 Å². The number of aryl methyl sites for hydroxylation is 1. The van der Waals surface area contributed by atoms with Gasteiger partial charge in [-0.3, -0.25) is 9.78 Å². The van der Waals surface area contributed by atoms with E-state index in [9.17, 15) is 4.79 Å². The van der Waals surface area contributed by atoms with E-state index in [1.165, 1.54) is 11.3 Å². The van der Waals surface area contributed by atoms with Gasteiger partial charge >= 0.3 is 0 Å². The number of carbonyl (C=O) groups is 1. The summed E-state index contributed by atoms with van der Waals surface area (Å²) in [5.74, 6) is 0.791. The molecule has 2 aromatic heterocycles. The highest BCUT2D eigenvalue weighted by Gasteiger charge is 2.29. The molecule has 0 N–H and O–H groups in total. The van der Waals surface area contributed by atoms with Crippen molar-refractivity contribution < 1.29 is 9.53 Å². The molecule has 0 spiro atoms. The fourth-order valence-electron chi connectivity index (χ4n) is 2.24. The van der Waals surface area contributed by atoms with Gasteiger partial charge in [-0.05, 0) is 19.1 Å². The van der Waals surface area contributed by atoms with Gasteiger partial charge in [0.15, 0.2) is 0 Å². The molecule has 0 saturated carbocycles. The van der Waals surface area contributed by atoms with E-state index < -0.39 is 0 Å². The zero-order chi connectivity index (χ0) is 13.9. The van der Waals surface area contributed by atoms with Crippen LogP contribution in [0.2, 0.25) is 0 Å². The number of amides is 1. The number of ether oxygens (including phenoxy) is 1. The Morgan fingerprint density at radius 1 is 1.45 bits per heavy atom. The highest BCUT2D eigenvalue weighted by atomic mass is 32.1. The summed E-state index contributed by atoms with van der Waals surface area (Å²) in [6, 6.07) is 3.66. The van der Waals surface area contributed by atoms with Gasteiger partial charge in [-0.15, -0.1) is 11.3 Å². The molecule has 3 rings (SSSR count). The molecule has 1 saturated heterocycles. The molecule has 6 heteroatoms. The number of carbonyl (C=O) groups excluding carboxylic acids is 1. The third-order valence-electron chi connectivity index (χ3n) is 3.22. The molecule has 0 aliphatic carbocycles. The lowest BCUT2D eigenvalue weighted by Gasteiger charge is -2.16. The van der Waals surface area contributed by atoms with E-state index in [0.717, 1.165) is 17.2 Å². The van der Waals surface area contributed by atoms with E-state index in [1.807, 2.05) is 24.4 Å². The third kappa shape index (κ3) is 2.80. The van der Waals surface area contributed by atoms with E-state index >= 15 is 0 Å². The Hall–Kier alpha value is -1.95. The minimum absolute atomic E-state index is 0.00446. The maximum atomic E-state index is 12.3. The summed E-state index contributed by atoms with van der Waals surface area (Å²) in [5, 5.41) is 2.73. The normalized spacial score (nSPS) is 18.2. The van der Waals surface area contributed by atoms with Crippen LogP contribution in [0.1, 0.15) is 21.9 Å². The van der Waals surface area contributed by atoms with Crippen LogP contribution in [0.5, 0.6) is 5.75 Å². The maximum absolute atomic E-state index is 12.3. The molecule has 2 aromatic rings. The smallest absolute Gasteiger partial charge is 0.273 e. The van der Waals surface area contributed by atoms with Gasteiger partial charge in [0.25, 0.3) is 5.91 Å². The molecule has 5 nitrogen and oxygen atoms in total. The zero-order valence-corrected chi connectivity index (χ0v) is 12.0. The van der Waals surface area contributed by atoms with Crippen molar-refractivity contribution in [3.8, 4) is 5.75 Å². The number of thiazole rings is 1. The molecule has 0 aromatic carbocycles. The molecule has 1 aliphatic rings. The van der Waals surface area contributed by atoms with Gasteiger partial charge in [0.1, 0.15) is 17.5 Å². The van der Waals surface area contributed by atoms with Crippen LogP contribution in [-0.2, 0) is 0 Å². The lowest BCUT2D eigenvalue weighted by Crippen LogP contribution is -2.31. The highest BCUT2D eigenvalue weighted by Crippen LogP contribution is 2.19. The molecule has 104 valence electrons. The van der Waals surface area contributed by atoms with Crippen LogP contribution in [0.25, 0.3) is 0 Å². The first-order valence-corrected chi connectivity index (χ1v) is 7.38. The van der Waals surface area contributed by atoms with Crippen molar-refractivity contribution in [2.24, 2.45) is 0 Å². The monoisotopic (exact) mass is 289 g/mol. The van der Waals surface area contributed by atoms with Crippen molar-refractivity contribution in [2.75, 3.05) is 13.1 Å². The van der Waals surface area contributed by atoms with Crippen molar-refractivity contribution in [1.29, 1.82) is 0 Å². The number of hydrogen-bond acceptors (Lipinski definition) is 5. The standard InChI is InChI=1S/C14H15N3O2S/c1-10-16-13(9-20-10)14(18)17-7-4-12(8-17)19-11-2-5-15-6-3-11/h2-3,5-6,9,12H,4,7-8H2,1H3. The largest absolute Gasteiger partial charge is 0.488 e. The Kier molecular flexibility index (Phi) is 3.64. The van der Waals surface area contributed by atoms with Crippen LogP contribution >= 0.6 is 11.3 Å². The molecular formula is C14H15N3O2S. The first-order valence-electron chi connectivity index (χ1n) is 6.50.